The maximum absolute atomic E-state index is 11.8. The quantitative estimate of drug-likeness (QED) is 0.665. The summed E-state index contributed by atoms with van der Waals surface area (Å²) in [5.41, 5.74) is 6.60. The van der Waals surface area contributed by atoms with E-state index in [2.05, 4.69) is 5.32 Å². The molecule has 1 aromatic heterocycles. The second-order valence-electron chi connectivity index (χ2n) is 3.80. The van der Waals surface area contributed by atoms with E-state index < -0.39 is 0 Å². The molecule has 4 nitrogen and oxygen atoms in total. The Morgan fingerprint density at radius 1 is 1.50 bits per heavy atom. The van der Waals surface area contributed by atoms with Crippen molar-refractivity contribution >= 4 is 51.3 Å². The van der Waals surface area contributed by atoms with Crippen LogP contribution in [0.25, 0.3) is 0 Å². The number of hydrogen-bond donors (Lipinski definition) is 2. The zero-order valence-electron chi connectivity index (χ0n) is 10.2. The molecule has 0 atom stereocenters. The van der Waals surface area contributed by atoms with Gasteiger partial charge in [0.2, 0.25) is 5.91 Å². The number of carbonyl (C=O) groups is 1. The highest BCUT2D eigenvalue weighted by molar-refractivity contribution is 8.00. The summed E-state index contributed by atoms with van der Waals surface area (Å²) in [4.78, 5) is 12.7. The Labute approximate surface area is 129 Å². The van der Waals surface area contributed by atoms with Crippen molar-refractivity contribution in [1.82, 2.24) is 0 Å². The van der Waals surface area contributed by atoms with E-state index in [1.807, 2.05) is 12.1 Å². The van der Waals surface area contributed by atoms with Crippen LogP contribution in [0, 0.1) is 11.3 Å². The molecule has 1 aromatic carbocycles. The van der Waals surface area contributed by atoms with E-state index in [9.17, 15) is 4.79 Å². The standard InChI is InChI=1S/C13H10ClN3OS2/c14-10-5-9(1-2-11(10)16)20-7-12(18)17-13-8(6-15)3-4-19-13/h1-5H,7,16H2,(H,17,18). The van der Waals surface area contributed by atoms with Gasteiger partial charge in [-0.3, -0.25) is 4.79 Å². The van der Waals surface area contributed by atoms with Crippen LogP contribution in [0.2, 0.25) is 5.02 Å². The number of nitriles is 1. The van der Waals surface area contributed by atoms with Gasteiger partial charge in [-0.05, 0) is 29.6 Å². The van der Waals surface area contributed by atoms with Crippen LogP contribution in [0.1, 0.15) is 5.56 Å². The molecule has 20 heavy (non-hydrogen) atoms. The summed E-state index contributed by atoms with van der Waals surface area (Å²) >= 11 is 8.59. The van der Waals surface area contributed by atoms with Crippen molar-refractivity contribution in [1.29, 1.82) is 5.26 Å². The third-order valence-corrected chi connectivity index (χ3v) is 4.53. The lowest BCUT2D eigenvalue weighted by Crippen LogP contribution is -2.13. The summed E-state index contributed by atoms with van der Waals surface area (Å²) in [5.74, 6) is 0.0742. The largest absolute Gasteiger partial charge is 0.398 e. The van der Waals surface area contributed by atoms with Crippen molar-refractivity contribution in [2.75, 3.05) is 16.8 Å². The lowest BCUT2D eigenvalue weighted by molar-refractivity contribution is -0.113. The number of rotatable bonds is 4. The van der Waals surface area contributed by atoms with Gasteiger partial charge in [0.25, 0.3) is 0 Å². The number of amides is 1. The van der Waals surface area contributed by atoms with Crippen molar-refractivity contribution in [2.24, 2.45) is 0 Å². The number of anilines is 2. The van der Waals surface area contributed by atoms with E-state index in [1.54, 1.807) is 23.6 Å². The highest BCUT2D eigenvalue weighted by Gasteiger charge is 2.09. The van der Waals surface area contributed by atoms with Gasteiger partial charge in [-0.25, -0.2) is 0 Å². The number of hydrogen-bond acceptors (Lipinski definition) is 5. The minimum absolute atomic E-state index is 0.165. The molecule has 1 heterocycles. The number of nitrogens with two attached hydrogens (primary N) is 1. The third-order valence-electron chi connectivity index (χ3n) is 2.38. The first-order valence-corrected chi connectivity index (χ1v) is 7.79. The summed E-state index contributed by atoms with van der Waals surface area (Å²) in [6, 6.07) is 8.94. The van der Waals surface area contributed by atoms with Crippen molar-refractivity contribution in [3.63, 3.8) is 0 Å². The molecule has 0 fully saturated rings. The van der Waals surface area contributed by atoms with E-state index in [4.69, 9.17) is 22.6 Å². The van der Waals surface area contributed by atoms with Crippen LogP contribution < -0.4 is 11.1 Å². The Kier molecular flexibility index (Phi) is 4.90. The van der Waals surface area contributed by atoms with Gasteiger partial charge in [-0.1, -0.05) is 11.6 Å². The van der Waals surface area contributed by atoms with Crippen LogP contribution in [-0.4, -0.2) is 11.7 Å². The molecule has 0 spiro atoms. The maximum Gasteiger partial charge on any atom is 0.235 e. The lowest BCUT2D eigenvalue weighted by atomic mass is 10.3. The minimum Gasteiger partial charge on any atom is -0.398 e. The smallest absolute Gasteiger partial charge is 0.235 e. The first kappa shape index (κ1) is 14.7. The number of thioether (sulfide) groups is 1. The summed E-state index contributed by atoms with van der Waals surface area (Å²) in [6.07, 6.45) is 0. The van der Waals surface area contributed by atoms with Gasteiger partial charge < -0.3 is 11.1 Å². The Bertz CT molecular complexity index is 678. The predicted molar refractivity (Wildman–Crippen MR) is 84.3 cm³/mol. The number of benzene rings is 1. The molecule has 0 radical (unpaired) electrons. The highest BCUT2D eigenvalue weighted by atomic mass is 35.5. The van der Waals surface area contributed by atoms with E-state index in [-0.39, 0.29) is 11.7 Å². The van der Waals surface area contributed by atoms with Gasteiger partial charge in [0.15, 0.2) is 0 Å². The fraction of sp³-hybridized carbons (Fsp3) is 0.0769. The van der Waals surface area contributed by atoms with Crippen molar-refractivity contribution < 1.29 is 4.79 Å². The van der Waals surface area contributed by atoms with Crippen LogP contribution in [0.3, 0.4) is 0 Å². The van der Waals surface area contributed by atoms with Gasteiger partial charge in [0.1, 0.15) is 11.1 Å². The molecular weight excluding hydrogens is 314 g/mol. The predicted octanol–water partition coefficient (Wildman–Crippen LogP) is 3.59. The fourth-order valence-corrected chi connectivity index (χ4v) is 3.14. The first-order valence-electron chi connectivity index (χ1n) is 5.55. The Balaban J connectivity index is 1.92. The van der Waals surface area contributed by atoms with Crippen molar-refractivity contribution in [2.45, 2.75) is 4.90 Å². The van der Waals surface area contributed by atoms with Crippen LogP contribution in [0.4, 0.5) is 10.7 Å². The Morgan fingerprint density at radius 2 is 2.30 bits per heavy atom. The highest BCUT2D eigenvalue weighted by Crippen LogP contribution is 2.27. The second-order valence-corrected chi connectivity index (χ2v) is 6.17. The van der Waals surface area contributed by atoms with Gasteiger partial charge in [0, 0.05) is 4.90 Å². The van der Waals surface area contributed by atoms with Crippen LogP contribution in [-0.2, 0) is 4.79 Å². The molecule has 1 amide bonds. The molecule has 0 aliphatic rings. The molecule has 0 unspecified atom stereocenters. The van der Waals surface area contributed by atoms with Crippen LogP contribution in [0.5, 0.6) is 0 Å². The van der Waals surface area contributed by atoms with E-state index >= 15 is 0 Å². The molecule has 0 aliphatic heterocycles. The third kappa shape index (κ3) is 3.67. The van der Waals surface area contributed by atoms with Crippen LogP contribution in [0.15, 0.2) is 34.5 Å². The molecule has 2 rings (SSSR count). The lowest BCUT2D eigenvalue weighted by Gasteiger charge is -2.05. The van der Waals surface area contributed by atoms with Crippen LogP contribution >= 0.6 is 34.7 Å². The van der Waals surface area contributed by atoms with Gasteiger partial charge in [-0.15, -0.1) is 23.1 Å². The number of halogens is 1. The molecule has 2 aromatic rings. The molecule has 3 N–H and O–H groups in total. The summed E-state index contributed by atoms with van der Waals surface area (Å²) in [7, 11) is 0. The SMILES string of the molecule is N#Cc1ccsc1NC(=O)CSc1ccc(N)c(Cl)c1. The zero-order valence-corrected chi connectivity index (χ0v) is 12.6. The van der Waals surface area contributed by atoms with Gasteiger partial charge in [0.05, 0.1) is 22.0 Å². The summed E-state index contributed by atoms with van der Waals surface area (Å²) in [5, 5.41) is 14.4. The average molecular weight is 324 g/mol. The van der Waals surface area contributed by atoms with Crippen molar-refractivity contribution in [3.05, 3.63) is 40.2 Å². The minimum atomic E-state index is -0.165. The second kappa shape index (κ2) is 6.66. The van der Waals surface area contributed by atoms with E-state index in [0.717, 1.165) is 4.90 Å². The summed E-state index contributed by atoms with van der Waals surface area (Å²) in [6.45, 7) is 0. The zero-order chi connectivity index (χ0) is 14.5. The molecule has 0 saturated heterocycles. The molecule has 0 saturated carbocycles. The Morgan fingerprint density at radius 3 is 3.00 bits per heavy atom. The molecule has 0 aliphatic carbocycles. The number of thiophene rings is 1. The average Bonchev–Trinajstić information content (AvgIpc) is 2.87. The maximum atomic E-state index is 11.8. The van der Waals surface area contributed by atoms with E-state index in [0.29, 0.717) is 21.3 Å². The van der Waals surface area contributed by atoms with Gasteiger partial charge in [-0.2, -0.15) is 5.26 Å². The summed E-state index contributed by atoms with van der Waals surface area (Å²) < 4.78 is 0. The molecular formula is C13H10ClN3OS2. The Hall–Kier alpha value is -1.68. The van der Waals surface area contributed by atoms with Crippen molar-refractivity contribution in [3.8, 4) is 6.07 Å². The monoisotopic (exact) mass is 323 g/mol. The number of nitrogen functional groups attached to an aromatic ring is 1. The first-order chi connectivity index (χ1) is 9.60. The molecule has 7 heteroatoms. The normalized spacial score (nSPS) is 10.0. The van der Waals surface area contributed by atoms with Gasteiger partial charge >= 0.3 is 0 Å². The molecule has 102 valence electrons. The van der Waals surface area contributed by atoms with E-state index in [1.165, 1.54) is 23.1 Å². The number of nitrogens with zero attached hydrogens (tertiary/aromatic N) is 1. The molecule has 0 bridgehead atoms. The number of nitrogens with one attached hydrogen (secondary N) is 1. The topological polar surface area (TPSA) is 78.9 Å². The fourth-order valence-electron chi connectivity index (χ4n) is 1.40. The number of carbonyl (C=O) groups excluding carboxylic acids is 1.